The molecule has 0 saturated carbocycles. The summed E-state index contributed by atoms with van der Waals surface area (Å²) in [6.45, 7) is 29.8. The van der Waals surface area contributed by atoms with E-state index in [-0.39, 0.29) is 45.9 Å². The normalized spacial score (nSPS) is 13.6. The van der Waals surface area contributed by atoms with Crippen LogP contribution in [0, 0.1) is 19.7 Å². The fourth-order valence-electron chi connectivity index (χ4n) is 10.5. The number of rotatable bonds is 7. The minimum absolute atomic E-state index is 0. The predicted molar refractivity (Wildman–Crippen MR) is 425 cm³/mol. The summed E-state index contributed by atoms with van der Waals surface area (Å²) in [5, 5.41) is 5.18. The molecule has 0 aliphatic carbocycles. The third-order valence-corrected chi connectivity index (χ3v) is 15.6. The number of aromatic amines is 2. The van der Waals surface area contributed by atoms with Crippen LogP contribution >= 0.6 is 99.9 Å². The molecule has 16 nitrogen and oxygen atoms in total. The van der Waals surface area contributed by atoms with Crippen molar-refractivity contribution in [3.05, 3.63) is 185 Å². The van der Waals surface area contributed by atoms with E-state index in [1.807, 2.05) is 31.3 Å². The number of nitrogens with zero attached hydrogens (tertiary/aromatic N) is 11. The van der Waals surface area contributed by atoms with Gasteiger partial charge in [0.1, 0.15) is 17.1 Å². The number of pyridine rings is 4. The first-order valence-electron chi connectivity index (χ1n) is 30.7. The van der Waals surface area contributed by atoms with Crippen molar-refractivity contribution in [3.8, 4) is 56.4 Å². The van der Waals surface area contributed by atoms with E-state index in [9.17, 15) is 40.3 Å². The van der Waals surface area contributed by atoms with Crippen LogP contribution in [0.3, 0.4) is 0 Å². The molecule has 537 valence electrons. The Morgan fingerprint density at radius 3 is 1.28 bits per heavy atom. The Hall–Kier alpha value is -3.85. The van der Waals surface area contributed by atoms with E-state index in [1.165, 1.54) is 46.1 Å². The van der Waals surface area contributed by atoms with Gasteiger partial charge in [-0.25, -0.2) is 23.9 Å². The maximum atomic E-state index is 14.4. The number of anilines is 1. The van der Waals surface area contributed by atoms with E-state index in [1.54, 1.807) is 75.0 Å². The second-order valence-electron chi connectivity index (χ2n) is 24.5. The molecule has 30 heteroatoms. The van der Waals surface area contributed by atoms with Gasteiger partial charge in [-0.2, -0.15) is 40.2 Å². The van der Waals surface area contributed by atoms with Crippen LogP contribution in [0.5, 0.6) is 0 Å². The van der Waals surface area contributed by atoms with Crippen molar-refractivity contribution >= 4 is 128 Å². The molecule has 10 heterocycles. The first-order valence-corrected chi connectivity index (χ1v) is 53.2. The number of likely N-dealkylation sites (N-methyl/N-ethyl adjacent to an activating group) is 2. The van der Waals surface area contributed by atoms with Gasteiger partial charge in [0.15, 0.2) is 0 Å². The number of piperazine rings is 2. The van der Waals surface area contributed by atoms with Crippen molar-refractivity contribution in [2.24, 2.45) is 14.1 Å². The van der Waals surface area contributed by atoms with Crippen LogP contribution in [-0.4, -0.2) is 124 Å². The van der Waals surface area contributed by atoms with Gasteiger partial charge in [0.05, 0.1) is 45.3 Å². The molecule has 2 aromatic carbocycles. The molecule has 2 aliphatic rings. The van der Waals surface area contributed by atoms with Gasteiger partial charge < -0.3 is 53.0 Å². The monoisotopic (exact) mass is 2010 g/mol. The number of aromatic nitrogens is 10. The van der Waals surface area contributed by atoms with Crippen LogP contribution in [0.2, 0.25) is 0 Å². The van der Waals surface area contributed by atoms with Crippen molar-refractivity contribution < 1.29 is 45.1 Å². The molecule has 0 radical (unpaired) electrons. The first kappa shape index (κ1) is 85.8. The summed E-state index contributed by atoms with van der Waals surface area (Å²) in [4.78, 5) is 56.9. The van der Waals surface area contributed by atoms with E-state index in [2.05, 4.69) is 219 Å². The maximum absolute atomic E-state index is 14.4. The number of H-pyrrole nitrogens is 2. The summed E-state index contributed by atoms with van der Waals surface area (Å²) in [6.07, 6.45) is 0.253. The van der Waals surface area contributed by atoms with Crippen molar-refractivity contribution in [1.29, 1.82) is 0 Å². The number of hydrogen-bond acceptors (Lipinski definition) is 10. The summed E-state index contributed by atoms with van der Waals surface area (Å²) in [5.74, 6) is -1.41. The van der Waals surface area contributed by atoms with Crippen LogP contribution in [0.25, 0.3) is 78.5 Å². The van der Waals surface area contributed by atoms with E-state index in [0.29, 0.717) is 64.9 Å². The Kier molecular flexibility index (Phi) is 33.1. The molecular formula is C69H83F7I5N14O2V2-2. The second-order valence-corrected chi connectivity index (χ2v) is 71.7. The number of aryl methyl sites for hydroxylation is 2. The number of hydrogen-bond donors (Lipinski definition) is 3. The standard InChI is InChI=1S/C32H34F3N7O.C27H23F4N5O.C5H12N2.2C2H5.CH4.5HI.2V/c1-31(2,3)28-16-21-14-22(18-37-29(21)38-28)20-8-9-36-25(15-20)27-19-40(5)30(43)42(27)23-6-7-26(24(17-23)32(33,34)35)41-12-10-39(4)11-13-41;1-26(2,3)23-11-16-9-17(13-33-24(16)34-23)15-7-8-32-21(10-15)22-14-35(4)25(37)36(22)18-5-6-20(28)19(12-18)27(29,30)31;1-7-4-2-6-3-5-7;2*1-2;;;;;;;;/h6-9,14-19H,10-13H2,1-5H3,(H,37,38);5-14H,1-4H3,(H,33,34);6H,2-5H2,1H3;2*1H2,2H3;1H4;5*1H;;/q;;;2*-1;;;;;;;+2;+3/p-5. The Bertz CT molecular complexity index is 4370. The van der Waals surface area contributed by atoms with Crippen molar-refractivity contribution in [2.45, 2.75) is 86.0 Å². The fraction of sp³-hybridized carbons (Fsp3) is 0.362. The summed E-state index contributed by atoms with van der Waals surface area (Å²) >= 11 is 12.1. The summed E-state index contributed by atoms with van der Waals surface area (Å²) in [5.41, 5.74) is 5.12. The van der Waals surface area contributed by atoms with Gasteiger partial charge >= 0.3 is 138 Å². The molecule has 10 aromatic rings. The summed E-state index contributed by atoms with van der Waals surface area (Å²) in [6, 6.07) is 21.9. The van der Waals surface area contributed by atoms with Crippen LogP contribution in [0.1, 0.15) is 85.3 Å². The van der Waals surface area contributed by atoms with Gasteiger partial charge in [-0.05, 0) is 110 Å². The van der Waals surface area contributed by atoms with Crippen LogP contribution in [0.15, 0.2) is 132 Å². The molecule has 99 heavy (non-hydrogen) atoms. The van der Waals surface area contributed by atoms with Gasteiger partial charge in [-0.15, -0.1) is 0 Å². The second kappa shape index (κ2) is 38.2. The predicted octanol–water partition coefficient (Wildman–Crippen LogP) is 18.3. The minimum atomic E-state index is -4.91. The number of halogens is 12. The number of imidazole rings is 2. The van der Waals surface area contributed by atoms with Crippen LogP contribution < -0.4 is 21.6 Å². The zero-order chi connectivity index (χ0) is 72.8. The molecule has 2 aliphatic heterocycles. The van der Waals surface area contributed by atoms with E-state index >= 15 is 0 Å². The third kappa shape index (κ3) is 23.1. The molecule has 0 atom stereocenters. The quantitative estimate of drug-likeness (QED) is 0.0797. The SMILES string of the molecule is C.CN1CCN(c2ccc(-n3c(-c4cc(-c5cnc6[nH]c(C(C)(C)C)cc6c5)ccn4)cn(C)c3=O)cc2C(F)(F)F)CC1.CN1CCNCC1.Cn1cc(-c2cc(-c3cnc4[nH]c(C(C)(C)C)cc4c3)ccn2)n(-c2ccc(F)c(C(F)(F)F)c2)c1=O.[CH2-]C.[CH2-]C.[I][V]([I])[I].[I][V][I]. The van der Waals surface area contributed by atoms with E-state index in [0.717, 1.165) is 85.5 Å². The molecular weight excluding hydrogens is 1930 g/mol. The van der Waals surface area contributed by atoms with E-state index < -0.39 is 40.7 Å². The summed E-state index contributed by atoms with van der Waals surface area (Å²) in [7, 11) is 7.79. The topological polar surface area (TPSA) is 159 Å². The molecule has 2 saturated heterocycles. The van der Waals surface area contributed by atoms with Crippen molar-refractivity contribution in [1.82, 2.24) is 63.3 Å². The molecule has 3 N–H and O–H groups in total. The molecule has 0 unspecified atom stereocenters. The molecule has 0 spiro atoms. The Morgan fingerprint density at radius 2 is 0.909 bits per heavy atom. The number of alkyl halides is 6. The van der Waals surface area contributed by atoms with Gasteiger partial charge in [0, 0.05) is 153 Å². The Balaban J connectivity index is 0.000000286. The zero-order valence-corrected chi connectivity index (χ0v) is 69.9. The van der Waals surface area contributed by atoms with Gasteiger partial charge in [0.25, 0.3) is 0 Å². The molecule has 0 amide bonds. The van der Waals surface area contributed by atoms with E-state index in [4.69, 9.17) is 0 Å². The number of fused-ring (bicyclic) bond motifs is 2. The first-order chi connectivity index (χ1) is 46.2. The Morgan fingerprint density at radius 1 is 0.525 bits per heavy atom. The third-order valence-electron chi connectivity index (χ3n) is 15.6. The average Bonchev–Trinajstić information content (AvgIpc) is 1.51. The van der Waals surface area contributed by atoms with Gasteiger partial charge in [0.2, 0.25) is 0 Å². The van der Waals surface area contributed by atoms with Gasteiger partial charge in [-0.1, -0.05) is 49.0 Å². The Labute approximate surface area is 641 Å². The molecule has 12 rings (SSSR count). The fourth-order valence-corrected chi connectivity index (χ4v) is 10.5. The van der Waals surface area contributed by atoms with Crippen molar-refractivity contribution in [2.75, 3.05) is 71.4 Å². The number of benzene rings is 2. The van der Waals surface area contributed by atoms with Crippen LogP contribution in [-0.2, 0) is 51.7 Å². The molecule has 0 bridgehead atoms. The molecule has 8 aromatic heterocycles. The number of nitrogens with one attached hydrogen (secondary N) is 3. The zero-order valence-electron chi connectivity index (χ0n) is 56.3. The van der Waals surface area contributed by atoms with Crippen LogP contribution in [0.4, 0.5) is 36.4 Å². The molecule has 2 fully saturated rings. The summed E-state index contributed by atoms with van der Waals surface area (Å²) < 4.78 is 102. The van der Waals surface area contributed by atoms with Crippen molar-refractivity contribution in [3.63, 3.8) is 0 Å². The average molecular weight is 2010 g/mol. The van der Waals surface area contributed by atoms with Gasteiger partial charge in [-0.3, -0.25) is 19.1 Å².